The smallest absolute Gasteiger partial charge is 0.268 e. The topological polar surface area (TPSA) is 76.5 Å². The highest BCUT2D eigenvalue weighted by Gasteiger charge is 2.32. The van der Waals surface area contributed by atoms with Gasteiger partial charge in [0.2, 0.25) is 5.91 Å². The SMILES string of the molecule is C[C@H]1Oc2ccccc2N(CC(=O)NCCn2ccnc2)C1=O. The molecule has 2 aromatic rings. The molecule has 23 heavy (non-hydrogen) atoms. The summed E-state index contributed by atoms with van der Waals surface area (Å²) in [5.41, 5.74) is 0.625. The van der Waals surface area contributed by atoms with E-state index in [-0.39, 0.29) is 18.4 Å². The minimum Gasteiger partial charge on any atom is -0.479 e. The fourth-order valence-electron chi connectivity index (χ4n) is 2.46. The van der Waals surface area contributed by atoms with Gasteiger partial charge < -0.3 is 14.6 Å². The van der Waals surface area contributed by atoms with Gasteiger partial charge >= 0.3 is 0 Å². The van der Waals surface area contributed by atoms with Crippen LogP contribution in [-0.2, 0) is 16.1 Å². The number of carbonyl (C=O) groups is 2. The minimum absolute atomic E-state index is 0.0204. The van der Waals surface area contributed by atoms with Crippen LogP contribution in [0.4, 0.5) is 5.69 Å². The number of anilines is 1. The molecule has 0 saturated heterocycles. The van der Waals surface area contributed by atoms with Crippen LogP contribution in [0.3, 0.4) is 0 Å². The van der Waals surface area contributed by atoms with Crippen LogP contribution in [0.5, 0.6) is 5.75 Å². The summed E-state index contributed by atoms with van der Waals surface area (Å²) in [5.74, 6) is 0.196. The third-order valence-electron chi connectivity index (χ3n) is 3.63. The number of rotatable bonds is 5. The molecule has 2 amide bonds. The number of nitrogens with one attached hydrogen (secondary N) is 1. The highest BCUT2D eigenvalue weighted by atomic mass is 16.5. The van der Waals surface area contributed by atoms with Crippen molar-refractivity contribution in [3.8, 4) is 5.75 Å². The van der Waals surface area contributed by atoms with Crippen LogP contribution in [0.15, 0.2) is 43.0 Å². The predicted molar refractivity (Wildman–Crippen MR) is 84.1 cm³/mol. The number of benzene rings is 1. The monoisotopic (exact) mass is 314 g/mol. The maximum atomic E-state index is 12.3. The lowest BCUT2D eigenvalue weighted by atomic mass is 10.2. The first-order valence-electron chi connectivity index (χ1n) is 7.44. The van der Waals surface area contributed by atoms with Gasteiger partial charge in [-0.3, -0.25) is 14.5 Å². The number of fused-ring (bicyclic) bond motifs is 1. The normalized spacial score (nSPS) is 16.7. The second-order valence-corrected chi connectivity index (χ2v) is 5.30. The van der Waals surface area contributed by atoms with Crippen molar-refractivity contribution >= 4 is 17.5 Å². The average molecular weight is 314 g/mol. The molecular weight excluding hydrogens is 296 g/mol. The Bertz CT molecular complexity index is 699. The molecule has 120 valence electrons. The average Bonchev–Trinajstić information content (AvgIpc) is 3.05. The van der Waals surface area contributed by atoms with Crippen LogP contribution in [0.25, 0.3) is 0 Å². The van der Waals surface area contributed by atoms with E-state index in [2.05, 4.69) is 10.3 Å². The molecule has 1 aromatic carbocycles. The van der Waals surface area contributed by atoms with Crippen LogP contribution in [0, 0.1) is 0 Å². The number of aromatic nitrogens is 2. The van der Waals surface area contributed by atoms with E-state index in [1.54, 1.807) is 31.6 Å². The Balaban J connectivity index is 1.62. The summed E-state index contributed by atoms with van der Waals surface area (Å²) in [4.78, 5) is 29.8. The lowest BCUT2D eigenvalue weighted by Crippen LogP contribution is -2.49. The van der Waals surface area contributed by atoms with Crippen LogP contribution < -0.4 is 15.0 Å². The van der Waals surface area contributed by atoms with Gasteiger partial charge in [0, 0.05) is 25.5 Å². The molecule has 1 aromatic heterocycles. The number of ether oxygens (including phenoxy) is 1. The van der Waals surface area contributed by atoms with E-state index in [0.29, 0.717) is 24.5 Å². The Labute approximate surface area is 133 Å². The van der Waals surface area contributed by atoms with Gasteiger partial charge in [0.1, 0.15) is 12.3 Å². The second kappa shape index (κ2) is 6.51. The molecule has 0 saturated carbocycles. The molecule has 0 unspecified atom stereocenters. The van der Waals surface area contributed by atoms with Crippen LogP contribution in [-0.4, -0.2) is 40.6 Å². The third kappa shape index (κ3) is 3.33. The minimum atomic E-state index is -0.594. The molecule has 7 nitrogen and oxygen atoms in total. The number of para-hydroxylation sites is 2. The highest BCUT2D eigenvalue weighted by molar-refractivity contribution is 6.03. The van der Waals surface area contributed by atoms with E-state index in [0.717, 1.165) is 0 Å². The largest absolute Gasteiger partial charge is 0.479 e. The van der Waals surface area contributed by atoms with Crippen molar-refractivity contribution in [1.29, 1.82) is 0 Å². The molecule has 1 aliphatic rings. The first-order chi connectivity index (χ1) is 11.1. The summed E-state index contributed by atoms with van der Waals surface area (Å²) in [6.45, 7) is 2.77. The van der Waals surface area contributed by atoms with Crippen LogP contribution in [0.1, 0.15) is 6.92 Å². The first kappa shape index (κ1) is 15.1. The Kier molecular flexibility index (Phi) is 4.27. The Morgan fingerprint density at radius 3 is 3.00 bits per heavy atom. The van der Waals surface area contributed by atoms with Gasteiger partial charge in [-0.25, -0.2) is 4.98 Å². The molecule has 7 heteroatoms. The van der Waals surface area contributed by atoms with E-state index in [9.17, 15) is 9.59 Å². The molecule has 0 spiro atoms. The van der Waals surface area contributed by atoms with Gasteiger partial charge in [0.25, 0.3) is 5.91 Å². The zero-order chi connectivity index (χ0) is 16.2. The molecule has 0 aliphatic carbocycles. The van der Waals surface area contributed by atoms with Crippen molar-refractivity contribution < 1.29 is 14.3 Å². The highest BCUT2D eigenvalue weighted by Crippen LogP contribution is 2.33. The van der Waals surface area contributed by atoms with E-state index in [1.165, 1.54) is 4.90 Å². The fraction of sp³-hybridized carbons (Fsp3) is 0.312. The molecule has 0 bridgehead atoms. The van der Waals surface area contributed by atoms with Gasteiger partial charge in [-0.1, -0.05) is 12.1 Å². The summed E-state index contributed by atoms with van der Waals surface area (Å²) in [7, 11) is 0. The summed E-state index contributed by atoms with van der Waals surface area (Å²) in [5, 5.41) is 2.81. The summed E-state index contributed by atoms with van der Waals surface area (Å²) >= 11 is 0. The van der Waals surface area contributed by atoms with Gasteiger partial charge in [0.15, 0.2) is 6.10 Å². The van der Waals surface area contributed by atoms with E-state index < -0.39 is 6.10 Å². The number of hydrogen-bond acceptors (Lipinski definition) is 4. The van der Waals surface area contributed by atoms with Crippen molar-refractivity contribution in [2.75, 3.05) is 18.0 Å². The second-order valence-electron chi connectivity index (χ2n) is 5.30. The number of nitrogens with zero attached hydrogens (tertiary/aromatic N) is 3. The lowest BCUT2D eigenvalue weighted by Gasteiger charge is -2.32. The molecule has 0 radical (unpaired) electrons. The summed E-state index contributed by atoms with van der Waals surface area (Å²) in [6.07, 6.45) is 4.61. The maximum Gasteiger partial charge on any atom is 0.268 e. The Morgan fingerprint density at radius 2 is 2.22 bits per heavy atom. The molecular formula is C16H18N4O3. The molecule has 1 aliphatic heterocycles. The third-order valence-corrected chi connectivity index (χ3v) is 3.63. The fourth-order valence-corrected chi connectivity index (χ4v) is 2.46. The Hall–Kier alpha value is -2.83. The number of hydrogen-bond donors (Lipinski definition) is 1. The number of imidazole rings is 1. The lowest BCUT2D eigenvalue weighted by molar-refractivity contribution is -0.128. The quantitative estimate of drug-likeness (QED) is 0.886. The summed E-state index contributed by atoms with van der Waals surface area (Å²) < 4.78 is 7.43. The van der Waals surface area contributed by atoms with Crippen molar-refractivity contribution in [3.63, 3.8) is 0 Å². The Morgan fingerprint density at radius 1 is 1.39 bits per heavy atom. The molecule has 1 atom stereocenters. The van der Waals surface area contributed by atoms with Crippen LogP contribution in [0.2, 0.25) is 0 Å². The van der Waals surface area contributed by atoms with Crippen molar-refractivity contribution in [2.45, 2.75) is 19.6 Å². The van der Waals surface area contributed by atoms with Gasteiger partial charge in [0.05, 0.1) is 12.0 Å². The zero-order valence-electron chi connectivity index (χ0n) is 12.8. The number of carbonyl (C=O) groups excluding carboxylic acids is 2. The zero-order valence-corrected chi connectivity index (χ0v) is 12.8. The van der Waals surface area contributed by atoms with E-state index in [1.807, 2.05) is 22.9 Å². The summed E-state index contributed by atoms with van der Waals surface area (Å²) in [6, 6.07) is 7.22. The molecule has 3 rings (SSSR count). The van der Waals surface area contributed by atoms with Gasteiger partial charge in [-0.05, 0) is 19.1 Å². The van der Waals surface area contributed by atoms with E-state index >= 15 is 0 Å². The molecule has 1 N–H and O–H groups in total. The first-order valence-corrected chi connectivity index (χ1v) is 7.44. The standard InChI is InChI=1S/C16H18N4O3/c1-12-16(22)20(13-4-2-3-5-14(13)23-12)10-15(21)18-7-9-19-8-6-17-11-19/h2-6,8,11-12H,7,9-10H2,1H3,(H,18,21)/t12-/m1/s1. The van der Waals surface area contributed by atoms with Crippen molar-refractivity contribution in [2.24, 2.45) is 0 Å². The predicted octanol–water partition coefficient (Wildman–Crippen LogP) is 0.813. The van der Waals surface area contributed by atoms with E-state index in [4.69, 9.17) is 4.74 Å². The van der Waals surface area contributed by atoms with Crippen molar-refractivity contribution in [3.05, 3.63) is 43.0 Å². The molecule has 0 fully saturated rings. The number of amides is 2. The molecule has 2 heterocycles. The van der Waals surface area contributed by atoms with Gasteiger partial charge in [-0.2, -0.15) is 0 Å². The van der Waals surface area contributed by atoms with Crippen molar-refractivity contribution in [1.82, 2.24) is 14.9 Å². The van der Waals surface area contributed by atoms with Gasteiger partial charge in [-0.15, -0.1) is 0 Å². The maximum absolute atomic E-state index is 12.3. The van der Waals surface area contributed by atoms with Crippen LogP contribution >= 0.6 is 0 Å².